The Morgan fingerprint density at radius 3 is 2.21 bits per heavy atom. The molecule has 0 spiro atoms. The third kappa shape index (κ3) is 4.99. The van der Waals surface area contributed by atoms with Gasteiger partial charge in [-0.15, -0.1) is 0 Å². The summed E-state index contributed by atoms with van der Waals surface area (Å²) in [6.45, 7) is 6.22. The monoisotopic (exact) mass is 264 g/mol. The number of rotatable bonds is 3. The van der Waals surface area contributed by atoms with E-state index in [0.29, 0.717) is 5.69 Å². The van der Waals surface area contributed by atoms with Gasteiger partial charge in [-0.1, -0.05) is 32.9 Å². The predicted octanol–water partition coefficient (Wildman–Crippen LogP) is 2.28. The lowest BCUT2D eigenvalue weighted by Crippen LogP contribution is -2.33. The van der Waals surface area contributed by atoms with Gasteiger partial charge in [0.15, 0.2) is 0 Å². The van der Waals surface area contributed by atoms with Crippen LogP contribution in [-0.4, -0.2) is 25.7 Å². The van der Waals surface area contributed by atoms with Gasteiger partial charge in [-0.25, -0.2) is 4.79 Å². The van der Waals surface area contributed by atoms with E-state index >= 15 is 0 Å². The number of urea groups is 1. The van der Waals surface area contributed by atoms with Crippen LogP contribution in [0.4, 0.5) is 10.5 Å². The van der Waals surface area contributed by atoms with Gasteiger partial charge < -0.3 is 15.4 Å². The molecule has 1 aromatic carbocycles. The number of nitrogens with one attached hydrogen (secondary N) is 2. The maximum absolute atomic E-state index is 11.5. The van der Waals surface area contributed by atoms with Crippen molar-refractivity contribution in [1.82, 2.24) is 5.32 Å². The Hall–Kier alpha value is -2.04. The van der Waals surface area contributed by atoms with E-state index in [9.17, 15) is 9.59 Å². The van der Waals surface area contributed by atoms with E-state index in [-0.39, 0.29) is 12.0 Å². The van der Waals surface area contributed by atoms with Crippen LogP contribution in [0.2, 0.25) is 0 Å². The van der Waals surface area contributed by atoms with Gasteiger partial charge in [0, 0.05) is 5.69 Å². The molecule has 0 aliphatic rings. The minimum absolute atomic E-state index is 0.0751. The Kier molecular flexibility index (Phi) is 4.92. The summed E-state index contributed by atoms with van der Waals surface area (Å²) in [6.07, 6.45) is 0. The SMILES string of the molecule is COC(=O)CNC(=O)Nc1ccc(C(C)(C)C)cc1. The number of anilines is 1. The highest BCUT2D eigenvalue weighted by molar-refractivity contribution is 5.91. The van der Waals surface area contributed by atoms with Crippen molar-refractivity contribution in [3.8, 4) is 0 Å². The summed E-state index contributed by atoms with van der Waals surface area (Å²) in [5, 5.41) is 5.04. The molecular formula is C14H20N2O3. The number of esters is 1. The maximum Gasteiger partial charge on any atom is 0.325 e. The number of benzene rings is 1. The summed E-state index contributed by atoms with van der Waals surface area (Å²) in [6, 6.07) is 7.16. The minimum Gasteiger partial charge on any atom is -0.468 e. The van der Waals surface area contributed by atoms with E-state index in [1.54, 1.807) is 0 Å². The zero-order valence-corrected chi connectivity index (χ0v) is 11.7. The third-order valence-electron chi connectivity index (χ3n) is 2.63. The molecule has 104 valence electrons. The second-order valence-electron chi connectivity index (χ2n) is 5.21. The summed E-state index contributed by atoms with van der Waals surface area (Å²) in [5.74, 6) is -0.488. The van der Waals surface area contributed by atoms with Crippen LogP contribution in [0, 0.1) is 0 Å². The van der Waals surface area contributed by atoms with Crippen molar-refractivity contribution < 1.29 is 14.3 Å². The van der Waals surface area contributed by atoms with Gasteiger partial charge in [0.1, 0.15) is 6.54 Å². The quantitative estimate of drug-likeness (QED) is 0.823. The molecule has 0 bridgehead atoms. The van der Waals surface area contributed by atoms with Crippen molar-refractivity contribution in [3.63, 3.8) is 0 Å². The van der Waals surface area contributed by atoms with Crippen LogP contribution in [0.5, 0.6) is 0 Å². The van der Waals surface area contributed by atoms with Crippen LogP contribution in [0.25, 0.3) is 0 Å². The highest BCUT2D eigenvalue weighted by Crippen LogP contribution is 2.23. The van der Waals surface area contributed by atoms with Crippen LogP contribution in [0.1, 0.15) is 26.3 Å². The second kappa shape index (κ2) is 6.22. The van der Waals surface area contributed by atoms with Gasteiger partial charge in [0.05, 0.1) is 7.11 Å². The van der Waals surface area contributed by atoms with E-state index in [1.165, 1.54) is 12.7 Å². The van der Waals surface area contributed by atoms with Crippen LogP contribution >= 0.6 is 0 Å². The molecule has 0 aliphatic heterocycles. The first-order chi connectivity index (χ1) is 8.82. The number of hydrogen-bond acceptors (Lipinski definition) is 3. The molecule has 0 saturated heterocycles. The van der Waals surface area contributed by atoms with E-state index in [2.05, 4.69) is 36.1 Å². The molecule has 0 unspecified atom stereocenters. The fourth-order valence-electron chi connectivity index (χ4n) is 1.45. The van der Waals surface area contributed by atoms with Crippen molar-refractivity contribution in [1.29, 1.82) is 0 Å². The first-order valence-electron chi connectivity index (χ1n) is 6.05. The molecular weight excluding hydrogens is 244 g/mol. The van der Waals surface area contributed by atoms with Crippen LogP contribution < -0.4 is 10.6 Å². The molecule has 0 heterocycles. The highest BCUT2D eigenvalue weighted by Gasteiger charge is 2.13. The molecule has 19 heavy (non-hydrogen) atoms. The summed E-state index contributed by atoms with van der Waals surface area (Å²) in [5.41, 5.74) is 1.94. The second-order valence-corrected chi connectivity index (χ2v) is 5.21. The minimum atomic E-state index is -0.488. The smallest absolute Gasteiger partial charge is 0.325 e. The van der Waals surface area contributed by atoms with Crippen LogP contribution in [0.3, 0.4) is 0 Å². The van der Waals surface area contributed by atoms with Crippen molar-refractivity contribution in [2.24, 2.45) is 0 Å². The van der Waals surface area contributed by atoms with Crippen LogP contribution in [-0.2, 0) is 14.9 Å². The first-order valence-corrected chi connectivity index (χ1v) is 6.05. The molecule has 5 nitrogen and oxygen atoms in total. The summed E-state index contributed by atoms with van der Waals surface area (Å²) in [7, 11) is 1.27. The Balaban J connectivity index is 2.54. The molecule has 0 aromatic heterocycles. The van der Waals surface area contributed by atoms with E-state index in [4.69, 9.17) is 0 Å². The fourth-order valence-corrected chi connectivity index (χ4v) is 1.45. The lowest BCUT2D eigenvalue weighted by molar-refractivity contribution is -0.139. The van der Waals surface area contributed by atoms with Gasteiger partial charge in [-0.3, -0.25) is 4.79 Å². The molecule has 1 aromatic rings. The van der Waals surface area contributed by atoms with Crippen molar-refractivity contribution in [2.75, 3.05) is 19.0 Å². The third-order valence-corrected chi connectivity index (χ3v) is 2.63. The fraction of sp³-hybridized carbons (Fsp3) is 0.429. The number of carbonyl (C=O) groups excluding carboxylic acids is 2. The lowest BCUT2D eigenvalue weighted by atomic mass is 9.87. The van der Waals surface area contributed by atoms with E-state index in [0.717, 1.165) is 0 Å². The van der Waals surface area contributed by atoms with Gasteiger partial charge >= 0.3 is 12.0 Å². The average molecular weight is 264 g/mol. The van der Waals surface area contributed by atoms with Gasteiger partial charge in [0.2, 0.25) is 0 Å². The molecule has 0 fully saturated rings. The Morgan fingerprint density at radius 1 is 1.16 bits per heavy atom. The normalized spacial score (nSPS) is 10.7. The first kappa shape index (κ1) is 15.0. The summed E-state index contributed by atoms with van der Waals surface area (Å²) < 4.78 is 4.42. The van der Waals surface area contributed by atoms with Crippen molar-refractivity contribution >= 4 is 17.7 Å². The molecule has 2 amide bonds. The number of carbonyl (C=O) groups is 2. The number of ether oxygens (including phenoxy) is 1. The zero-order valence-electron chi connectivity index (χ0n) is 11.7. The summed E-state index contributed by atoms with van der Waals surface area (Å²) in [4.78, 5) is 22.3. The molecule has 5 heteroatoms. The summed E-state index contributed by atoms with van der Waals surface area (Å²) >= 11 is 0. The Bertz CT molecular complexity index is 447. The van der Waals surface area contributed by atoms with E-state index < -0.39 is 12.0 Å². The molecule has 2 N–H and O–H groups in total. The topological polar surface area (TPSA) is 67.4 Å². The number of hydrogen-bond donors (Lipinski definition) is 2. The van der Waals surface area contributed by atoms with Gasteiger partial charge in [-0.2, -0.15) is 0 Å². The van der Waals surface area contributed by atoms with Crippen molar-refractivity contribution in [3.05, 3.63) is 29.8 Å². The zero-order chi connectivity index (χ0) is 14.5. The average Bonchev–Trinajstić information content (AvgIpc) is 2.35. The van der Waals surface area contributed by atoms with Gasteiger partial charge in [-0.05, 0) is 23.1 Å². The molecule has 1 rings (SSSR count). The molecule has 0 aliphatic carbocycles. The Labute approximate surface area is 113 Å². The predicted molar refractivity (Wildman–Crippen MR) is 74.2 cm³/mol. The number of methoxy groups -OCH3 is 1. The van der Waals surface area contributed by atoms with E-state index in [1.807, 2.05) is 24.3 Å². The Morgan fingerprint density at radius 2 is 1.74 bits per heavy atom. The maximum atomic E-state index is 11.5. The largest absolute Gasteiger partial charge is 0.468 e. The standard InChI is InChI=1S/C14H20N2O3/c1-14(2,3)10-5-7-11(8-6-10)16-13(18)15-9-12(17)19-4/h5-8H,9H2,1-4H3,(H2,15,16,18). The van der Waals surface area contributed by atoms with Crippen LogP contribution in [0.15, 0.2) is 24.3 Å². The molecule has 0 saturated carbocycles. The van der Waals surface area contributed by atoms with Crippen molar-refractivity contribution in [2.45, 2.75) is 26.2 Å². The number of amides is 2. The molecule has 0 atom stereocenters. The lowest BCUT2D eigenvalue weighted by Gasteiger charge is -2.19. The highest BCUT2D eigenvalue weighted by atomic mass is 16.5. The molecule has 0 radical (unpaired) electrons. The van der Waals surface area contributed by atoms with Gasteiger partial charge in [0.25, 0.3) is 0 Å².